The fourth-order valence-electron chi connectivity index (χ4n) is 4.28. The van der Waals surface area contributed by atoms with E-state index >= 15 is 0 Å². The van der Waals surface area contributed by atoms with E-state index in [1.54, 1.807) is 4.90 Å². The number of ether oxygens (including phenoxy) is 1. The molecule has 0 aliphatic heterocycles. The molecular formula is C29H34N4O2. The van der Waals surface area contributed by atoms with Gasteiger partial charge in [0.1, 0.15) is 5.75 Å². The molecular weight excluding hydrogens is 436 g/mol. The van der Waals surface area contributed by atoms with Gasteiger partial charge in [-0.15, -0.1) is 0 Å². The summed E-state index contributed by atoms with van der Waals surface area (Å²) in [7, 11) is 5.85. The number of hydrogen-bond acceptors (Lipinski definition) is 5. The maximum Gasteiger partial charge on any atom is 0.254 e. The molecule has 1 unspecified atom stereocenters. The van der Waals surface area contributed by atoms with Crippen molar-refractivity contribution in [2.45, 2.75) is 31.4 Å². The Morgan fingerprint density at radius 1 is 1.09 bits per heavy atom. The summed E-state index contributed by atoms with van der Waals surface area (Å²) in [5, 5.41) is 7.69. The van der Waals surface area contributed by atoms with Crippen LogP contribution in [0, 0.1) is 5.41 Å². The third kappa shape index (κ3) is 5.72. The zero-order valence-corrected chi connectivity index (χ0v) is 20.7. The van der Waals surface area contributed by atoms with Crippen LogP contribution in [0.4, 0.5) is 5.69 Å². The number of anilines is 1. The molecule has 6 nitrogen and oxygen atoms in total. The fourth-order valence-corrected chi connectivity index (χ4v) is 4.28. The first-order valence-corrected chi connectivity index (χ1v) is 12.1. The predicted molar refractivity (Wildman–Crippen MR) is 142 cm³/mol. The molecule has 6 heteroatoms. The minimum Gasteiger partial charge on any atom is -0.490 e. The summed E-state index contributed by atoms with van der Waals surface area (Å²) in [5.74, 6) is 0.654. The van der Waals surface area contributed by atoms with Gasteiger partial charge in [0.25, 0.3) is 5.91 Å². The summed E-state index contributed by atoms with van der Waals surface area (Å²) in [5.41, 5.74) is 11.1. The normalized spacial score (nSPS) is 13.9. The number of hydrogen-bond donors (Lipinski definition) is 2. The van der Waals surface area contributed by atoms with Gasteiger partial charge in [0.2, 0.25) is 0 Å². The lowest BCUT2D eigenvalue weighted by molar-refractivity contribution is 0.0716. The molecule has 0 heterocycles. The lowest BCUT2D eigenvalue weighted by Gasteiger charge is -2.31. The number of benzene rings is 3. The molecule has 1 aliphatic carbocycles. The molecule has 1 fully saturated rings. The van der Waals surface area contributed by atoms with E-state index < -0.39 is 0 Å². The highest BCUT2D eigenvalue weighted by molar-refractivity contribution is 5.96. The third-order valence-electron chi connectivity index (χ3n) is 6.46. The Balaban J connectivity index is 1.68. The van der Waals surface area contributed by atoms with E-state index in [1.807, 2.05) is 75.7 Å². The number of carbonyl (C=O) groups excluding carboxylic acids is 1. The number of carbonyl (C=O) groups is 1. The van der Waals surface area contributed by atoms with Crippen molar-refractivity contribution < 1.29 is 9.53 Å². The van der Waals surface area contributed by atoms with Gasteiger partial charge >= 0.3 is 0 Å². The van der Waals surface area contributed by atoms with Crippen LogP contribution in [-0.2, 0) is 0 Å². The van der Waals surface area contributed by atoms with Gasteiger partial charge in [-0.2, -0.15) is 0 Å². The Hall–Kier alpha value is -3.64. The second-order valence-corrected chi connectivity index (χ2v) is 9.41. The van der Waals surface area contributed by atoms with Crippen molar-refractivity contribution in [1.29, 1.82) is 5.41 Å². The van der Waals surface area contributed by atoms with Gasteiger partial charge in [-0.05, 0) is 69.2 Å². The minimum atomic E-state index is -0.230. The monoisotopic (exact) mass is 470 g/mol. The quantitative estimate of drug-likeness (QED) is 0.314. The molecule has 1 amide bonds. The number of nitrogen functional groups attached to an aromatic ring is 1. The number of rotatable bonds is 10. The van der Waals surface area contributed by atoms with Crippen molar-refractivity contribution in [3.05, 3.63) is 83.4 Å². The maximum atomic E-state index is 13.7. The van der Waals surface area contributed by atoms with Gasteiger partial charge < -0.3 is 25.7 Å². The van der Waals surface area contributed by atoms with Crippen LogP contribution in [0.1, 0.15) is 46.8 Å². The van der Waals surface area contributed by atoms with Crippen molar-refractivity contribution in [1.82, 2.24) is 9.80 Å². The summed E-state index contributed by atoms with van der Waals surface area (Å²) in [6.45, 7) is 0.791. The molecule has 35 heavy (non-hydrogen) atoms. The zero-order chi connectivity index (χ0) is 24.9. The Morgan fingerprint density at radius 3 is 2.49 bits per heavy atom. The van der Waals surface area contributed by atoms with Gasteiger partial charge in [0, 0.05) is 35.6 Å². The van der Waals surface area contributed by atoms with Crippen LogP contribution in [0.3, 0.4) is 0 Å². The van der Waals surface area contributed by atoms with Crippen LogP contribution in [0.25, 0.3) is 11.1 Å². The first-order chi connectivity index (χ1) is 16.9. The highest BCUT2D eigenvalue weighted by atomic mass is 16.5. The zero-order valence-electron chi connectivity index (χ0n) is 20.7. The molecule has 182 valence electrons. The van der Waals surface area contributed by atoms with E-state index in [9.17, 15) is 4.79 Å². The average molecular weight is 471 g/mol. The topological polar surface area (TPSA) is 82.7 Å². The summed E-state index contributed by atoms with van der Waals surface area (Å²) in [6.07, 6.45) is 4.28. The van der Waals surface area contributed by atoms with Crippen LogP contribution in [0.15, 0.2) is 66.7 Å². The molecule has 0 aromatic heterocycles. The number of para-hydroxylation sites is 1. The molecule has 3 aromatic rings. The van der Waals surface area contributed by atoms with Gasteiger partial charge in [-0.3, -0.25) is 4.79 Å². The molecule has 0 spiro atoms. The van der Waals surface area contributed by atoms with Crippen molar-refractivity contribution in [2.24, 2.45) is 0 Å². The second kappa shape index (κ2) is 10.7. The molecule has 4 rings (SSSR count). The summed E-state index contributed by atoms with van der Waals surface area (Å²) in [6, 6.07) is 21.3. The van der Waals surface area contributed by atoms with Crippen molar-refractivity contribution >= 4 is 17.8 Å². The van der Waals surface area contributed by atoms with Gasteiger partial charge in [-0.1, -0.05) is 48.5 Å². The summed E-state index contributed by atoms with van der Waals surface area (Å²) in [4.78, 5) is 17.6. The Kier molecular flexibility index (Phi) is 7.51. The van der Waals surface area contributed by atoms with Crippen molar-refractivity contribution in [2.75, 3.05) is 33.4 Å². The number of nitrogens with zero attached hydrogens (tertiary/aromatic N) is 2. The van der Waals surface area contributed by atoms with Gasteiger partial charge in [0.15, 0.2) is 0 Å². The van der Waals surface area contributed by atoms with E-state index in [1.165, 1.54) is 6.21 Å². The predicted octanol–water partition coefficient (Wildman–Crippen LogP) is 5.24. The van der Waals surface area contributed by atoms with Crippen molar-refractivity contribution in [3.8, 4) is 16.9 Å². The SMILES string of the molecule is CN(C)CCC(c1cccc(C=N)c1N)N(C)C(=O)c1ccc(-c2ccccc2)c(OC2CC2)c1. The molecule has 0 saturated heterocycles. The summed E-state index contributed by atoms with van der Waals surface area (Å²) < 4.78 is 6.23. The maximum absolute atomic E-state index is 13.7. The standard InChI is InChI=1S/C29H34N4O2/c1-32(2)17-16-26(25-11-7-10-22(19-30)28(25)31)33(3)29(34)21-12-15-24(20-8-5-4-6-9-20)27(18-21)35-23-13-14-23/h4-12,15,18-19,23,26,30H,13-14,16-17,31H2,1-3H3. The third-order valence-corrected chi connectivity index (χ3v) is 6.46. The second-order valence-electron chi connectivity index (χ2n) is 9.41. The smallest absolute Gasteiger partial charge is 0.254 e. The lowest BCUT2D eigenvalue weighted by Crippen LogP contribution is -2.33. The number of nitrogens with one attached hydrogen (secondary N) is 1. The Morgan fingerprint density at radius 2 is 1.83 bits per heavy atom. The van der Waals surface area contributed by atoms with Crippen LogP contribution >= 0.6 is 0 Å². The highest BCUT2D eigenvalue weighted by Crippen LogP contribution is 2.37. The molecule has 0 radical (unpaired) electrons. The van der Waals surface area contributed by atoms with E-state index in [0.717, 1.165) is 41.8 Å². The van der Waals surface area contributed by atoms with E-state index in [4.69, 9.17) is 15.9 Å². The van der Waals surface area contributed by atoms with Crippen LogP contribution in [-0.4, -0.2) is 55.7 Å². The fraction of sp³-hybridized carbons (Fsp3) is 0.310. The minimum absolute atomic E-state index is 0.0892. The Bertz CT molecular complexity index is 1190. The van der Waals surface area contributed by atoms with E-state index in [0.29, 0.717) is 23.2 Å². The van der Waals surface area contributed by atoms with Gasteiger partial charge in [-0.25, -0.2) is 0 Å². The van der Waals surface area contributed by atoms with E-state index in [-0.39, 0.29) is 18.1 Å². The van der Waals surface area contributed by atoms with Crippen molar-refractivity contribution in [3.63, 3.8) is 0 Å². The number of amides is 1. The van der Waals surface area contributed by atoms with Crippen LogP contribution in [0.5, 0.6) is 5.75 Å². The first kappa shape index (κ1) is 24.5. The molecule has 3 aromatic carbocycles. The lowest BCUT2D eigenvalue weighted by atomic mass is 9.96. The first-order valence-electron chi connectivity index (χ1n) is 12.1. The molecule has 1 aliphatic rings. The average Bonchev–Trinajstić information content (AvgIpc) is 3.69. The Labute approximate surface area is 207 Å². The van der Waals surface area contributed by atoms with Crippen LogP contribution < -0.4 is 10.5 Å². The highest BCUT2D eigenvalue weighted by Gasteiger charge is 2.28. The largest absolute Gasteiger partial charge is 0.490 e. The summed E-state index contributed by atoms with van der Waals surface area (Å²) >= 11 is 0. The number of nitrogens with two attached hydrogens (primary N) is 1. The van der Waals surface area contributed by atoms with Gasteiger partial charge in [0.05, 0.1) is 12.1 Å². The molecule has 3 N–H and O–H groups in total. The molecule has 1 saturated carbocycles. The molecule has 0 bridgehead atoms. The molecule has 1 atom stereocenters. The van der Waals surface area contributed by atoms with E-state index in [2.05, 4.69) is 17.0 Å². The van der Waals surface area contributed by atoms with Crippen LogP contribution in [0.2, 0.25) is 0 Å².